The maximum Gasteiger partial charge on any atom is 0.417 e. The van der Waals surface area contributed by atoms with E-state index in [-0.39, 0.29) is 22.5 Å². The lowest BCUT2D eigenvalue weighted by atomic mass is 10.0. The van der Waals surface area contributed by atoms with Crippen molar-refractivity contribution in [1.29, 1.82) is 0 Å². The average Bonchev–Trinajstić information content (AvgIpc) is 2.86. The van der Waals surface area contributed by atoms with Crippen molar-refractivity contribution in [1.82, 2.24) is 15.0 Å². The van der Waals surface area contributed by atoms with E-state index < -0.39 is 22.4 Å². The number of rotatable bonds is 19. The minimum atomic E-state index is -4.61. The largest absolute Gasteiger partial charge is 0.417 e. The Hall–Kier alpha value is -2.69. The lowest BCUT2D eigenvalue weighted by Crippen LogP contribution is -2.10. The number of unbranched alkanes of at least 4 members (excludes halogenated alkanes) is 13. The summed E-state index contributed by atoms with van der Waals surface area (Å²) in [7, 11) is 0. The normalized spacial score (nSPS) is 11.5. The lowest BCUT2D eigenvalue weighted by Gasteiger charge is -2.12. The number of hydrogen-bond acceptors (Lipinski definition) is 7. The van der Waals surface area contributed by atoms with Gasteiger partial charge in [0.2, 0.25) is 11.6 Å². The van der Waals surface area contributed by atoms with Crippen molar-refractivity contribution in [2.75, 3.05) is 17.2 Å². The van der Waals surface area contributed by atoms with Gasteiger partial charge in [-0.25, -0.2) is 15.0 Å². The van der Waals surface area contributed by atoms with Crippen LogP contribution in [-0.4, -0.2) is 26.4 Å². The molecule has 2 aromatic heterocycles. The highest BCUT2D eigenvalue weighted by Crippen LogP contribution is 2.35. The Labute approximate surface area is 227 Å². The summed E-state index contributed by atoms with van der Waals surface area (Å²) < 4.78 is 38.5. The third kappa shape index (κ3) is 11.4. The van der Waals surface area contributed by atoms with Crippen molar-refractivity contribution in [3.8, 4) is 0 Å². The summed E-state index contributed by atoms with van der Waals surface area (Å²) in [4.78, 5) is 22.5. The van der Waals surface area contributed by atoms with Crippen LogP contribution in [0, 0.1) is 10.1 Å². The SMILES string of the molecule is CCCCCCCCCCCCCCCCNc1ncnc(Nc2ncc(C(F)(F)F)cc2Cl)c1[N+](=O)[O-]. The maximum atomic E-state index is 12.8. The summed E-state index contributed by atoms with van der Waals surface area (Å²) in [5, 5.41) is 16.9. The molecule has 0 aromatic carbocycles. The van der Waals surface area contributed by atoms with Gasteiger partial charge in [0.25, 0.3) is 0 Å². The predicted molar refractivity (Wildman–Crippen MR) is 145 cm³/mol. The van der Waals surface area contributed by atoms with Crippen LogP contribution in [0.3, 0.4) is 0 Å². The second kappa shape index (κ2) is 17.0. The van der Waals surface area contributed by atoms with Gasteiger partial charge in [-0.15, -0.1) is 0 Å². The Morgan fingerprint density at radius 3 is 1.87 bits per heavy atom. The van der Waals surface area contributed by atoms with Crippen LogP contribution in [0.2, 0.25) is 5.02 Å². The van der Waals surface area contributed by atoms with Crippen molar-refractivity contribution in [3.05, 3.63) is 39.3 Å². The molecule has 2 rings (SSSR count). The van der Waals surface area contributed by atoms with E-state index in [2.05, 4.69) is 32.5 Å². The Morgan fingerprint density at radius 1 is 0.842 bits per heavy atom. The van der Waals surface area contributed by atoms with Crippen LogP contribution in [0.1, 0.15) is 102 Å². The molecule has 0 aliphatic carbocycles. The highest BCUT2D eigenvalue weighted by molar-refractivity contribution is 6.33. The number of aromatic nitrogens is 3. The van der Waals surface area contributed by atoms with Gasteiger partial charge >= 0.3 is 11.9 Å². The summed E-state index contributed by atoms with van der Waals surface area (Å²) in [6, 6.07) is 0.693. The fourth-order valence-electron chi connectivity index (χ4n) is 4.10. The molecule has 12 heteroatoms. The number of hydrogen-bond donors (Lipinski definition) is 2. The molecule has 0 amide bonds. The van der Waals surface area contributed by atoms with E-state index in [4.69, 9.17) is 11.6 Å². The number of nitro groups is 1. The molecule has 8 nitrogen and oxygen atoms in total. The molecular weight excluding hydrogens is 521 g/mol. The monoisotopic (exact) mass is 558 g/mol. The summed E-state index contributed by atoms with van der Waals surface area (Å²) in [6.45, 7) is 2.73. The summed E-state index contributed by atoms with van der Waals surface area (Å²) in [5.41, 5.74) is -1.46. The molecule has 2 heterocycles. The van der Waals surface area contributed by atoms with Gasteiger partial charge in [0.05, 0.1) is 15.5 Å². The van der Waals surface area contributed by atoms with E-state index in [1.807, 2.05) is 0 Å². The molecule has 0 bridgehead atoms. The maximum absolute atomic E-state index is 12.8. The zero-order valence-electron chi connectivity index (χ0n) is 22.0. The van der Waals surface area contributed by atoms with E-state index in [1.54, 1.807) is 0 Å². The van der Waals surface area contributed by atoms with Crippen LogP contribution in [0.4, 0.5) is 36.3 Å². The van der Waals surface area contributed by atoms with Gasteiger partial charge in [0.15, 0.2) is 5.82 Å². The highest BCUT2D eigenvalue weighted by Gasteiger charge is 2.32. The van der Waals surface area contributed by atoms with E-state index >= 15 is 0 Å². The first-order valence-electron chi connectivity index (χ1n) is 13.5. The first kappa shape index (κ1) is 31.5. The molecule has 0 radical (unpaired) electrons. The molecule has 0 aliphatic rings. The van der Waals surface area contributed by atoms with Gasteiger partial charge in [0, 0.05) is 12.7 Å². The Bertz CT molecular complexity index is 994. The summed E-state index contributed by atoms with van der Waals surface area (Å²) >= 11 is 5.91. The first-order valence-corrected chi connectivity index (χ1v) is 13.8. The van der Waals surface area contributed by atoms with Crippen LogP contribution in [-0.2, 0) is 6.18 Å². The molecule has 0 saturated carbocycles. The fraction of sp³-hybridized carbons (Fsp3) is 0.654. The predicted octanol–water partition coefficient (Wildman–Crippen LogP) is 9.09. The third-order valence-electron chi connectivity index (χ3n) is 6.23. The van der Waals surface area contributed by atoms with Gasteiger partial charge in [-0.3, -0.25) is 10.1 Å². The number of anilines is 3. The first-order chi connectivity index (χ1) is 18.2. The summed E-state index contributed by atoms with van der Waals surface area (Å²) in [6.07, 6.45) is 14.4. The Kier molecular flexibility index (Phi) is 14.1. The standard InChI is InChI=1S/C26H38ClF3N6O2/c1-2-3-4-5-6-7-8-9-10-11-12-13-14-15-16-31-24-22(36(37)38)25(34-19-33-24)35-23-21(27)17-20(18-32-23)26(28,29)30/h17-19H,2-16H2,1H3,(H2,31,32,33,34,35). The second-order valence-corrected chi connectivity index (χ2v) is 9.78. The van der Waals surface area contributed by atoms with E-state index in [9.17, 15) is 23.3 Å². The molecule has 0 aliphatic heterocycles. The van der Waals surface area contributed by atoms with E-state index in [0.29, 0.717) is 18.8 Å². The van der Waals surface area contributed by atoms with Crippen molar-refractivity contribution < 1.29 is 18.1 Å². The van der Waals surface area contributed by atoms with Crippen molar-refractivity contribution in [2.45, 2.75) is 103 Å². The Balaban J connectivity index is 1.73. The van der Waals surface area contributed by atoms with Gasteiger partial charge in [-0.05, 0) is 12.5 Å². The molecule has 38 heavy (non-hydrogen) atoms. The number of halogens is 4. The topological polar surface area (TPSA) is 106 Å². The van der Waals surface area contributed by atoms with Crippen LogP contribution in [0.25, 0.3) is 0 Å². The molecule has 0 fully saturated rings. The van der Waals surface area contributed by atoms with E-state index in [1.165, 1.54) is 70.6 Å². The minimum absolute atomic E-state index is 0.0187. The molecule has 2 aromatic rings. The highest BCUT2D eigenvalue weighted by atomic mass is 35.5. The molecule has 0 unspecified atom stereocenters. The van der Waals surface area contributed by atoms with Crippen molar-refractivity contribution in [2.24, 2.45) is 0 Å². The smallest absolute Gasteiger partial charge is 0.364 e. The summed E-state index contributed by atoms with van der Waals surface area (Å²) in [5.74, 6) is -0.382. The van der Waals surface area contributed by atoms with Crippen LogP contribution < -0.4 is 10.6 Å². The molecule has 0 spiro atoms. The number of nitrogens with one attached hydrogen (secondary N) is 2. The zero-order valence-corrected chi connectivity index (χ0v) is 22.7. The van der Waals surface area contributed by atoms with Crippen LogP contribution >= 0.6 is 11.6 Å². The minimum Gasteiger partial charge on any atom is -0.364 e. The zero-order chi connectivity index (χ0) is 27.8. The average molecular weight is 559 g/mol. The van der Waals surface area contributed by atoms with Gasteiger partial charge in [-0.1, -0.05) is 102 Å². The number of pyridine rings is 1. The molecule has 212 valence electrons. The molecule has 0 atom stereocenters. The van der Waals surface area contributed by atoms with Gasteiger partial charge < -0.3 is 10.6 Å². The van der Waals surface area contributed by atoms with Crippen molar-refractivity contribution >= 4 is 34.7 Å². The fourth-order valence-corrected chi connectivity index (χ4v) is 4.31. The van der Waals surface area contributed by atoms with Crippen LogP contribution in [0.5, 0.6) is 0 Å². The Morgan fingerprint density at radius 2 is 1.37 bits per heavy atom. The van der Waals surface area contributed by atoms with Gasteiger partial charge in [0.1, 0.15) is 6.33 Å². The molecule has 2 N–H and O–H groups in total. The van der Waals surface area contributed by atoms with E-state index in [0.717, 1.165) is 25.6 Å². The third-order valence-corrected chi connectivity index (χ3v) is 6.52. The lowest BCUT2D eigenvalue weighted by molar-refractivity contribution is -0.383. The number of alkyl halides is 3. The van der Waals surface area contributed by atoms with Crippen molar-refractivity contribution in [3.63, 3.8) is 0 Å². The molecule has 0 saturated heterocycles. The quantitative estimate of drug-likeness (QED) is 0.101. The molecular formula is C26H38ClF3N6O2. The van der Waals surface area contributed by atoms with Crippen LogP contribution in [0.15, 0.2) is 18.6 Å². The second-order valence-electron chi connectivity index (χ2n) is 9.38. The number of nitrogens with zero attached hydrogens (tertiary/aromatic N) is 4. The van der Waals surface area contributed by atoms with Gasteiger partial charge in [-0.2, -0.15) is 13.2 Å².